The third kappa shape index (κ3) is 2.80. The number of amides is 2. The molecule has 21 heavy (non-hydrogen) atoms. The van der Waals surface area contributed by atoms with E-state index in [2.05, 4.69) is 4.74 Å². The van der Waals surface area contributed by atoms with Crippen LogP contribution in [-0.4, -0.2) is 41.1 Å². The summed E-state index contributed by atoms with van der Waals surface area (Å²) in [5.74, 6) is -1.91. The maximum Gasteiger partial charge on any atom is 0.329 e. The Bertz CT molecular complexity index is 593. The molecular formula is C14H12ClNO5. The van der Waals surface area contributed by atoms with Crippen LogP contribution in [0.1, 0.15) is 33.6 Å². The average Bonchev–Trinajstić information content (AvgIpc) is 2.72. The van der Waals surface area contributed by atoms with Crippen molar-refractivity contribution in [2.75, 3.05) is 7.11 Å². The molecule has 0 fully saturated rings. The number of rotatable bonds is 5. The summed E-state index contributed by atoms with van der Waals surface area (Å²) in [4.78, 5) is 48.1. The van der Waals surface area contributed by atoms with Crippen molar-refractivity contribution in [3.05, 3.63) is 35.4 Å². The number of fused-ring (bicyclic) bond motifs is 1. The van der Waals surface area contributed by atoms with Crippen molar-refractivity contribution in [3.8, 4) is 0 Å². The largest absolute Gasteiger partial charge is 0.467 e. The van der Waals surface area contributed by atoms with Gasteiger partial charge in [0.2, 0.25) is 5.24 Å². The van der Waals surface area contributed by atoms with Gasteiger partial charge in [0, 0.05) is 6.42 Å². The minimum Gasteiger partial charge on any atom is -0.467 e. The molecule has 7 heteroatoms. The number of hydrogen-bond acceptors (Lipinski definition) is 5. The van der Waals surface area contributed by atoms with Crippen LogP contribution in [-0.2, 0) is 14.3 Å². The minimum absolute atomic E-state index is 0.0690. The fraction of sp³-hybridized carbons (Fsp3) is 0.286. The normalized spacial score (nSPS) is 14.9. The molecule has 1 aliphatic heterocycles. The van der Waals surface area contributed by atoms with Gasteiger partial charge in [-0.1, -0.05) is 12.1 Å². The average molecular weight is 310 g/mol. The lowest BCUT2D eigenvalue weighted by atomic mass is 10.1. The number of esters is 1. The van der Waals surface area contributed by atoms with Gasteiger partial charge in [-0.05, 0) is 30.2 Å². The summed E-state index contributed by atoms with van der Waals surface area (Å²) in [6, 6.07) is 5.11. The molecule has 6 nitrogen and oxygen atoms in total. The highest BCUT2D eigenvalue weighted by Gasteiger charge is 2.43. The molecule has 2 amide bonds. The van der Waals surface area contributed by atoms with Crippen molar-refractivity contribution >= 4 is 34.6 Å². The second-order valence-corrected chi connectivity index (χ2v) is 4.88. The summed E-state index contributed by atoms with van der Waals surface area (Å²) < 4.78 is 4.61. The van der Waals surface area contributed by atoms with Gasteiger partial charge in [0.25, 0.3) is 11.8 Å². The SMILES string of the molecule is COC(=O)[C@H](CCC(=O)Cl)N1C(=O)c2ccccc2C1=O. The second-order valence-electron chi connectivity index (χ2n) is 4.46. The van der Waals surface area contributed by atoms with E-state index in [1.54, 1.807) is 12.1 Å². The van der Waals surface area contributed by atoms with Gasteiger partial charge in [0.05, 0.1) is 18.2 Å². The van der Waals surface area contributed by atoms with Crippen molar-refractivity contribution in [1.82, 2.24) is 4.90 Å². The van der Waals surface area contributed by atoms with Crippen LogP contribution in [0.3, 0.4) is 0 Å². The van der Waals surface area contributed by atoms with Gasteiger partial charge < -0.3 is 4.74 Å². The van der Waals surface area contributed by atoms with E-state index < -0.39 is 29.1 Å². The van der Waals surface area contributed by atoms with Crippen LogP contribution in [0, 0.1) is 0 Å². The lowest BCUT2D eigenvalue weighted by Gasteiger charge is -2.23. The molecule has 0 spiro atoms. The van der Waals surface area contributed by atoms with Crippen LogP contribution in [0.25, 0.3) is 0 Å². The molecule has 0 saturated carbocycles. The highest BCUT2D eigenvalue weighted by molar-refractivity contribution is 6.63. The summed E-state index contributed by atoms with van der Waals surface area (Å²) in [5.41, 5.74) is 0.460. The number of nitrogens with zero attached hydrogens (tertiary/aromatic N) is 1. The number of ether oxygens (including phenoxy) is 1. The first-order valence-electron chi connectivity index (χ1n) is 6.20. The predicted octanol–water partition coefficient (Wildman–Crippen LogP) is 1.37. The van der Waals surface area contributed by atoms with E-state index in [4.69, 9.17) is 11.6 Å². The van der Waals surface area contributed by atoms with Crippen LogP contribution < -0.4 is 0 Å². The first-order valence-corrected chi connectivity index (χ1v) is 6.58. The van der Waals surface area contributed by atoms with E-state index in [-0.39, 0.29) is 24.0 Å². The van der Waals surface area contributed by atoms with Crippen molar-refractivity contribution in [2.24, 2.45) is 0 Å². The summed E-state index contributed by atoms with van der Waals surface area (Å²) in [6.45, 7) is 0. The molecule has 1 heterocycles. The van der Waals surface area contributed by atoms with E-state index in [0.29, 0.717) is 0 Å². The van der Waals surface area contributed by atoms with E-state index in [1.165, 1.54) is 12.1 Å². The zero-order valence-corrected chi connectivity index (χ0v) is 11.9. The topological polar surface area (TPSA) is 80.8 Å². The summed E-state index contributed by atoms with van der Waals surface area (Å²) in [5, 5.41) is -0.652. The van der Waals surface area contributed by atoms with E-state index >= 15 is 0 Å². The van der Waals surface area contributed by atoms with E-state index in [9.17, 15) is 19.2 Å². The number of carbonyl (C=O) groups is 4. The highest BCUT2D eigenvalue weighted by atomic mass is 35.5. The Kier molecular flexibility index (Phi) is 4.37. The molecule has 1 aliphatic rings. The second kappa shape index (κ2) is 6.05. The standard InChI is InChI=1S/C14H12ClNO5/c1-21-14(20)10(6-7-11(15)17)16-12(18)8-4-2-3-5-9(8)13(16)19/h2-5,10H,6-7H2,1H3/t10-/m0/s1. The number of imide groups is 1. The third-order valence-corrected chi connectivity index (χ3v) is 3.41. The maximum absolute atomic E-state index is 12.3. The fourth-order valence-electron chi connectivity index (χ4n) is 2.23. The number of benzene rings is 1. The quantitative estimate of drug-likeness (QED) is 0.466. The van der Waals surface area contributed by atoms with Crippen LogP contribution in [0.4, 0.5) is 0 Å². The molecule has 0 bridgehead atoms. The monoisotopic (exact) mass is 309 g/mol. The third-order valence-electron chi connectivity index (χ3n) is 3.22. The Hall–Kier alpha value is -2.21. The van der Waals surface area contributed by atoms with Gasteiger partial charge >= 0.3 is 5.97 Å². The van der Waals surface area contributed by atoms with Gasteiger partial charge in [-0.15, -0.1) is 0 Å². The van der Waals surface area contributed by atoms with E-state index in [0.717, 1.165) is 12.0 Å². The van der Waals surface area contributed by atoms with Crippen molar-refractivity contribution in [3.63, 3.8) is 0 Å². The van der Waals surface area contributed by atoms with Crippen LogP contribution in [0.15, 0.2) is 24.3 Å². The van der Waals surface area contributed by atoms with Crippen molar-refractivity contribution < 1.29 is 23.9 Å². The lowest BCUT2D eigenvalue weighted by molar-refractivity contribution is -0.145. The summed E-state index contributed by atoms with van der Waals surface area (Å²) in [7, 11) is 1.15. The molecule has 0 radical (unpaired) electrons. The molecule has 110 valence electrons. The number of hydrogen-bond donors (Lipinski definition) is 0. The number of carbonyl (C=O) groups excluding carboxylic acids is 4. The summed E-state index contributed by atoms with van der Waals surface area (Å²) in [6.07, 6.45) is -0.213. The molecular weight excluding hydrogens is 298 g/mol. The van der Waals surface area contributed by atoms with Crippen LogP contribution >= 0.6 is 11.6 Å². The molecule has 1 aromatic carbocycles. The van der Waals surface area contributed by atoms with Crippen LogP contribution in [0.2, 0.25) is 0 Å². The van der Waals surface area contributed by atoms with E-state index in [1.807, 2.05) is 0 Å². The van der Waals surface area contributed by atoms with Crippen molar-refractivity contribution in [2.45, 2.75) is 18.9 Å². The predicted molar refractivity (Wildman–Crippen MR) is 72.8 cm³/mol. The molecule has 0 aromatic heterocycles. The molecule has 1 aromatic rings. The first-order chi connectivity index (χ1) is 9.97. The van der Waals surface area contributed by atoms with Gasteiger partial charge in [0.1, 0.15) is 6.04 Å². The Labute approximate surface area is 125 Å². The minimum atomic E-state index is -1.16. The van der Waals surface area contributed by atoms with Crippen LogP contribution in [0.5, 0.6) is 0 Å². The molecule has 0 unspecified atom stereocenters. The zero-order chi connectivity index (χ0) is 15.6. The number of halogens is 1. The first kappa shape index (κ1) is 15.2. The Morgan fingerprint density at radius 3 is 2.14 bits per heavy atom. The molecule has 2 rings (SSSR count). The van der Waals surface area contributed by atoms with Gasteiger partial charge in [-0.25, -0.2) is 4.79 Å². The van der Waals surface area contributed by atoms with Gasteiger partial charge in [-0.3, -0.25) is 19.3 Å². The molecule has 0 aliphatic carbocycles. The number of methoxy groups -OCH3 is 1. The summed E-state index contributed by atoms with van der Waals surface area (Å²) >= 11 is 5.26. The van der Waals surface area contributed by atoms with Gasteiger partial charge in [-0.2, -0.15) is 0 Å². The zero-order valence-electron chi connectivity index (χ0n) is 11.2. The fourth-order valence-corrected chi connectivity index (χ4v) is 2.34. The lowest BCUT2D eigenvalue weighted by Crippen LogP contribution is -2.45. The molecule has 1 atom stereocenters. The Morgan fingerprint density at radius 2 is 1.71 bits per heavy atom. The Balaban J connectivity index is 2.33. The maximum atomic E-state index is 12.3. The van der Waals surface area contributed by atoms with Gasteiger partial charge in [0.15, 0.2) is 0 Å². The Morgan fingerprint density at radius 1 is 1.19 bits per heavy atom. The molecule has 0 saturated heterocycles. The van der Waals surface area contributed by atoms with Crippen molar-refractivity contribution in [1.29, 1.82) is 0 Å². The highest BCUT2D eigenvalue weighted by Crippen LogP contribution is 2.26. The molecule has 0 N–H and O–H groups in total. The smallest absolute Gasteiger partial charge is 0.329 e.